The smallest absolute Gasteiger partial charge is 0.374 e. The van der Waals surface area contributed by atoms with Gasteiger partial charge in [-0.25, -0.2) is 0 Å². The molecule has 1 fully saturated rings. The van der Waals surface area contributed by atoms with Crippen LogP contribution < -0.4 is 20.6 Å². The van der Waals surface area contributed by atoms with Gasteiger partial charge in [-0.05, 0) is 0 Å². The lowest BCUT2D eigenvalue weighted by Gasteiger charge is -2.20. The van der Waals surface area contributed by atoms with Crippen LogP contribution >= 0.6 is 0 Å². The zero-order valence-electron chi connectivity index (χ0n) is 5.98. The van der Waals surface area contributed by atoms with E-state index in [0.717, 1.165) is 21.6 Å². The van der Waals surface area contributed by atoms with E-state index < -0.39 is 0 Å². The minimum absolute atomic E-state index is 0.222. The Morgan fingerprint density at radius 3 is 2.80 bits per heavy atom. The molecule has 0 aromatic carbocycles. The van der Waals surface area contributed by atoms with Crippen LogP contribution in [0.15, 0.2) is 12.7 Å². The van der Waals surface area contributed by atoms with Crippen LogP contribution in [-0.4, -0.2) is 28.8 Å². The average Bonchev–Trinajstić information content (AvgIpc) is 2.03. The number of nitrogens with one attached hydrogen (secondary N) is 4. The second-order valence-electron chi connectivity index (χ2n) is 2.14. The summed E-state index contributed by atoms with van der Waals surface area (Å²) in [5.74, 6) is 0. The van der Waals surface area contributed by atoms with Crippen LogP contribution in [0.1, 0.15) is 0 Å². The Kier molecular flexibility index (Phi) is 3.60. The fraction of sp³-hybridized carbons (Fsp3) is 0.333. The highest BCUT2D eigenvalue weighted by Crippen LogP contribution is 1.66. The van der Waals surface area contributed by atoms with Crippen molar-refractivity contribution < 1.29 is 0 Å². The molecule has 0 aliphatic carbocycles. The molecule has 0 aromatic heterocycles. The van der Waals surface area contributed by atoms with Crippen molar-refractivity contribution in [2.75, 3.05) is 6.54 Å². The van der Waals surface area contributed by atoms with Gasteiger partial charge < -0.3 is 20.6 Å². The first-order valence-electron chi connectivity index (χ1n) is 3.45. The van der Waals surface area contributed by atoms with Gasteiger partial charge in [0.1, 0.15) is 0 Å². The molecule has 0 atom stereocenters. The Hall–Kier alpha value is -0.225. The zero-order valence-corrected chi connectivity index (χ0v) is 5.98. The van der Waals surface area contributed by atoms with Gasteiger partial charge >= 0.3 is 7.12 Å². The summed E-state index contributed by atoms with van der Waals surface area (Å²) in [5.41, 5.74) is 0. The van der Waals surface area contributed by atoms with Gasteiger partial charge in [-0.1, -0.05) is 6.08 Å². The van der Waals surface area contributed by atoms with E-state index in [9.17, 15) is 0 Å². The third kappa shape index (κ3) is 2.57. The molecule has 0 bridgehead atoms. The van der Waals surface area contributed by atoms with E-state index in [2.05, 4.69) is 27.2 Å². The highest BCUT2D eigenvalue weighted by Gasteiger charge is 2.16. The topological polar surface area (TPSA) is 48.1 Å². The molecule has 10 heavy (non-hydrogen) atoms. The minimum Gasteiger partial charge on any atom is -0.377 e. The van der Waals surface area contributed by atoms with Crippen molar-refractivity contribution in [3.8, 4) is 0 Å². The Labute approximate surface area is 62.9 Å². The molecule has 52 valence electrons. The second-order valence-corrected chi connectivity index (χ2v) is 2.14. The van der Waals surface area contributed by atoms with Crippen molar-refractivity contribution in [2.45, 2.75) is 0 Å². The van der Waals surface area contributed by atoms with Crippen molar-refractivity contribution in [3.63, 3.8) is 0 Å². The molecule has 1 rings (SSSR count). The molecule has 1 aliphatic heterocycles. The van der Waals surface area contributed by atoms with Gasteiger partial charge in [-0.3, -0.25) is 0 Å². The Morgan fingerprint density at radius 1 is 1.50 bits per heavy atom. The largest absolute Gasteiger partial charge is 0.377 e. The van der Waals surface area contributed by atoms with Crippen LogP contribution in [-0.2, 0) is 0 Å². The molecule has 0 spiro atoms. The number of rotatable bonds is 3. The molecule has 0 amide bonds. The quantitative estimate of drug-likeness (QED) is 0.247. The molecule has 0 saturated carbocycles. The van der Waals surface area contributed by atoms with E-state index in [1.807, 2.05) is 6.08 Å². The number of hydrogen-bond donors (Lipinski definition) is 4. The Bertz CT molecular complexity index is 104. The molecule has 0 unspecified atom stereocenters. The van der Waals surface area contributed by atoms with Crippen LogP contribution in [0.5, 0.6) is 0 Å². The highest BCUT2D eigenvalue weighted by molar-refractivity contribution is 6.73. The lowest BCUT2D eigenvalue weighted by molar-refractivity contribution is 1.000. The summed E-state index contributed by atoms with van der Waals surface area (Å²) in [6.07, 6.45) is 1.84. The van der Waals surface area contributed by atoms with Crippen LogP contribution in [0.2, 0.25) is 0 Å². The molecule has 4 N–H and O–H groups in total. The van der Waals surface area contributed by atoms with E-state index in [4.69, 9.17) is 0 Å². The summed E-state index contributed by atoms with van der Waals surface area (Å²) in [6, 6.07) is 0. The maximum Gasteiger partial charge on any atom is 0.374 e. The van der Waals surface area contributed by atoms with E-state index in [0.29, 0.717) is 0 Å². The summed E-state index contributed by atoms with van der Waals surface area (Å²) in [7, 11) is 1.92. The Morgan fingerprint density at radius 2 is 2.20 bits per heavy atom. The first-order valence-corrected chi connectivity index (χ1v) is 3.45. The molecule has 4 nitrogen and oxygen atoms in total. The number of hydrogen-bond acceptors (Lipinski definition) is 4. The molecule has 7 heteroatoms. The van der Waals surface area contributed by atoms with Crippen LogP contribution in [0.4, 0.5) is 0 Å². The van der Waals surface area contributed by atoms with Crippen molar-refractivity contribution in [1.82, 2.24) is 20.6 Å². The third-order valence-electron chi connectivity index (χ3n) is 1.33. The summed E-state index contributed by atoms with van der Waals surface area (Å²) in [6.45, 7) is 4.44. The minimum atomic E-state index is 0.222. The van der Waals surface area contributed by atoms with Gasteiger partial charge in [0.25, 0.3) is 15.1 Å². The summed E-state index contributed by atoms with van der Waals surface area (Å²) >= 11 is 0. The first kappa shape index (κ1) is 7.88. The Balaban J connectivity index is 2.07. The SMILES string of the molecule is C=CCNB1NBNBN1. The van der Waals surface area contributed by atoms with Crippen molar-refractivity contribution >= 4 is 22.2 Å². The predicted octanol–water partition coefficient (Wildman–Crippen LogP) is -2.94. The van der Waals surface area contributed by atoms with E-state index in [1.54, 1.807) is 0 Å². The second kappa shape index (κ2) is 4.57. The van der Waals surface area contributed by atoms with Crippen LogP contribution in [0.3, 0.4) is 0 Å². The molecule has 1 aliphatic rings. The van der Waals surface area contributed by atoms with Crippen molar-refractivity contribution in [2.24, 2.45) is 0 Å². The average molecular weight is 136 g/mol. The summed E-state index contributed by atoms with van der Waals surface area (Å²) in [4.78, 5) is 0. The zero-order chi connectivity index (χ0) is 7.23. The molecular weight excluding hydrogens is 124 g/mol. The van der Waals surface area contributed by atoms with E-state index in [-0.39, 0.29) is 7.12 Å². The third-order valence-corrected chi connectivity index (χ3v) is 1.33. The lowest BCUT2D eigenvalue weighted by Crippen LogP contribution is -2.69. The maximum absolute atomic E-state index is 3.61. The fourth-order valence-corrected chi connectivity index (χ4v) is 0.829. The monoisotopic (exact) mass is 136 g/mol. The normalized spacial score (nSPS) is 17.4. The van der Waals surface area contributed by atoms with Gasteiger partial charge in [-0.15, -0.1) is 6.58 Å². The van der Waals surface area contributed by atoms with Gasteiger partial charge in [0.15, 0.2) is 0 Å². The molecule has 1 saturated heterocycles. The van der Waals surface area contributed by atoms with Crippen LogP contribution in [0, 0.1) is 0 Å². The fourth-order valence-electron chi connectivity index (χ4n) is 0.829. The van der Waals surface area contributed by atoms with Gasteiger partial charge in [0.2, 0.25) is 0 Å². The van der Waals surface area contributed by atoms with Gasteiger partial charge in [0.05, 0.1) is 0 Å². The van der Waals surface area contributed by atoms with E-state index >= 15 is 0 Å². The highest BCUT2D eigenvalue weighted by atomic mass is 15.1. The van der Waals surface area contributed by atoms with Gasteiger partial charge in [0, 0.05) is 6.54 Å². The summed E-state index contributed by atoms with van der Waals surface area (Å²) in [5, 5.41) is 12.6. The molecular formula is C3H11B3N4. The van der Waals surface area contributed by atoms with Crippen LogP contribution in [0.25, 0.3) is 0 Å². The lowest BCUT2D eigenvalue weighted by atomic mass is 9.76. The predicted molar refractivity (Wildman–Crippen MR) is 47.7 cm³/mol. The van der Waals surface area contributed by atoms with Crippen molar-refractivity contribution in [1.29, 1.82) is 0 Å². The van der Waals surface area contributed by atoms with E-state index in [1.165, 1.54) is 0 Å². The maximum atomic E-state index is 3.61. The summed E-state index contributed by atoms with van der Waals surface area (Å²) < 4.78 is 0. The van der Waals surface area contributed by atoms with Crippen molar-refractivity contribution in [3.05, 3.63) is 12.7 Å². The standard InChI is InChI=1S/C3H11B3N4/c1-2-3-7-6-9-4-8-5-10-6/h2,4-5,7-10H,1,3H2. The molecule has 0 aromatic rings. The molecule has 0 radical (unpaired) electrons. The first-order chi connectivity index (χ1) is 4.93. The van der Waals surface area contributed by atoms with Gasteiger partial charge in [-0.2, -0.15) is 0 Å². The molecule has 1 heterocycles.